The molecule has 0 saturated heterocycles. The van der Waals surface area contributed by atoms with Gasteiger partial charge in [-0.25, -0.2) is 4.98 Å². The Bertz CT molecular complexity index is 408. The molecule has 1 aromatic heterocycles. The average Bonchev–Trinajstić information content (AvgIpc) is 2.88. The molecule has 5 heteroatoms. The molecule has 4 nitrogen and oxygen atoms in total. The van der Waals surface area contributed by atoms with E-state index in [1.165, 1.54) is 11.3 Å². The van der Waals surface area contributed by atoms with Gasteiger partial charge in [-0.15, -0.1) is 11.3 Å². The molecule has 2 rings (SSSR count). The lowest BCUT2D eigenvalue weighted by Crippen LogP contribution is -2.30. The van der Waals surface area contributed by atoms with Crippen LogP contribution < -0.4 is 5.32 Å². The molecule has 1 heterocycles. The van der Waals surface area contributed by atoms with Crippen molar-refractivity contribution in [1.82, 2.24) is 4.98 Å². The van der Waals surface area contributed by atoms with Gasteiger partial charge < -0.3 is 10.4 Å². The number of carbonyl (C=O) groups is 1. The number of aromatic nitrogens is 1. The van der Waals surface area contributed by atoms with Crippen molar-refractivity contribution in [2.75, 3.05) is 5.32 Å². The Hall–Kier alpha value is -0.940. The molecule has 1 amide bonds. The van der Waals surface area contributed by atoms with Crippen LogP contribution >= 0.6 is 11.3 Å². The van der Waals surface area contributed by atoms with Crippen molar-refractivity contribution in [3.05, 3.63) is 11.1 Å². The number of hydrogen-bond acceptors (Lipinski definition) is 4. The quantitative estimate of drug-likeness (QED) is 0.871. The Labute approximate surface area is 105 Å². The lowest BCUT2D eigenvalue weighted by Gasteiger charge is -2.21. The first-order valence-corrected chi connectivity index (χ1v) is 6.84. The Kier molecular flexibility index (Phi) is 3.49. The van der Waals surface area contributed by atoms with Gasteiger partial charge in [0.25, 0.3) is 0 Å². The van der Waals surface area contributed by atoms with Crippen molar-refractivity contribution in [1.29, 1.82) is 0 Å². The smallest absolute Gasteiger partial charge is 0.232 e. The number of thiazole rings is 1. The third-order valence-corrected chi connectivity index (χ3v) is 4.20. The highest BCUT2D eigenvalue weighted by molar-refractivity contribution is 7.13. The van der Waals surface area contributed by atoms with E-state index in [1.54, 1.807) is 12.3 Å². The molecular weight excluding hydrogens is 236 g/mol. The van der Waals surface area contributed by atoms with E-state index in [2.05, 4.69) is 10.3 Å². The standard InChI is InChI=1S/C12H18N2O2S/c1-8(15)9-7-17-11(13-9)14-10(16)12(2)5-3-4-6-12/h7-8,15H,3-6H2,1-2H3,(H,13,14,16). The van der Waals surface area contributed by atoms with Crippen LogP contribution in [0.4, 0.5) is 5.13 Å². The average molecular weight is 254 g/mol. The second-order valence-corrected chi connectivity index (χ2v) is 5.83. The zero-order chi connectivity index (χ0) is 12.5. The SMILES string of the molecule is CC(O)c1csc(NC(=O)C2(C)CCCC2)n1. The number of nitrogens with zero attached hydrogens (tertiary/aromatic N) is 1. The Morgan fingerprint density at radius 3 is 2.76 bits per heavy atom. The maximum absolute atomic E-state index is 12.1. The second-order valence-electron chi connectivity index (χ2n) is 4.98. The molecule has 0 spiro atoms. The van der Waals surface area contributed by atoms with Crippen LogP contribution in [0.15, 0.2) is 5.38 Å². The molecule has 1 aliphatic carbocycles. The van der Waals surface area contributed by atoms with Gasteiger partial charge >= 0.3 is 0 Å². The van der Waals surface area contributed by atoms with Gasteiger partial charge in [0.1, 0.15) is 0 Å². The molecule has 2 N–H and O–H groups in total. The Morgan fingerprint density at radius 1 is 1.59 bits per heavy atom. The summed E-state index contributed by atoms with van der Waals surface area (Å²) in [6.45, 7) is 3.68. The molecule has 1 saturated carbocycles. The van der Waals surface area contributed by atoms with E-state index in [1.807, 2.05) is 6.92 Å². The fraction of sp³-hybridized carbons (Fsp3) is 0.667. The summed E-state index contributed by atoms with van der Waals surface area (Å²) in [5.41, 5.74) is 0.373. The topological polar surface area (TPSA) is 62.2 Å². The second kappa shape index (κ2) is 4.74. The van der Waals surface area contributed by atoms with Crippen LogP contribution in [0.25, 0.3) is 0 Å². The van der Waals surface area contributed by atoms with Crippen molar-refractivity contribution in [2.24, 2.45) is 5.41 Å². The van der Waals surface area contributed by atoms with Gasteiger partial charge in [0.05, 0.1) is 11.8 Å². The monoisotopic (exact) mass is 254 g/mol. The predicted molar refractivity (Wildman–Crippen MR) is 68.0 cm³/mol. The molecule has 1 aromatic rings. The van der Waals surface area contributed by atoms with Gasteiger partial charge in [0.15, 0.2) is 5.13 Å². The molecule has 1 atom stereocenters. The lowest BCUT2D eigenvalue weighted by atomic mass is 9.88. The van der Waals surface area contributed by atoms with Crippen LogP contribution in [-0.2, 0) is 4.79 Å². The fourth-order valence-corrected chi connectivity index (χ4v) is 2.96. The summed E-state index contributed by atoms with van der Waals surface area (Å²) < 4.78 is 0. The summed E-state index contributed by atoms with van der Waals surface area (Å²) in [6.07, 6.45) is 3.57. The van der Waals surface area contributed by atoms with Gasteiger partial charge in [-0.2, -0.15) is 0 Å². The number of hydrogen-bond donors (Lipinski definition) is 2. The minimum Gasteiger partial charge on any atom is -0.387 e. The number of aliphatic hydroxyl groups excluding tert-OH is 1. The number of rotatable bonds is 3. The number of aliphatic hydroxyl groups is 1. The molecule has 1 unspecified atom stereocenters. The molecule has 0 bridgehead atoms. The van der Waals surface area contributed by atoms with E-state index in [0.29, 0.717) is 10.8 Å². The third kappa shape index (κ3) is 2.66. The first-order chi connectivity index (χ1) is 8.01. The molecule has 0 radical (unpaired) electrons. The lowest BCUT2D eigenvalue weighted by molar-refractivity contribution is -0.124. The van der Waals surface area contributed by atoms with Crippen LogP contribution in [-0.4, -0.2) is 16.0 Å². The Morgan fingerprint density at radius 2 is 2.24 bits per heavy atom. The molecule has 0 aromatic carbocycles. The summed E-state index contributed by atoms with van der Waals surface area (Å²) >= 11 is 1.36. The molecule has 1 aliphatic rings. The maximum Gasteiger partial charge on any atom is 0.232 e. The van der Waals surface area contributed by atoms with Crippen molar-refractivity contribution in [2.45, 2.75) is 45.6 Å². The zero-order valence-electron chi connectivity index (χ0n) is 10.2. The van der Waals surface area contributed by atoms with E-state index in [-0.39, 0.29) is 11.3 Å². The predicted octanol–water partition coefficient (Wildman–Crippen LogP) is 2.72. The van der Waals surface area contributed by atoms with Gasteiger partial charge in [0.2, 0.25) is 5.91 Å². The molecule has 1 fully saturated rings. The number of amides is 1. The van der Waals surface area contributed by atoms with Crippen LogP contribution in [0.1, 0.15) is 51.3 Å². The zero-order valence-corrected chi connectivity index (χ0v) is 11.0. The van der Waals surface area contributed by atoms with Gasteiger partial charge in [-0.3, -0.25) is 4.79 Å². The van der Waals surface area contributed by atoms with E-state index in [0.717, 1.165) is 25.7 Å². The van der Waals surface area contributed by atoms with Gasteiger partial charge in [-0.1, -0.05) is 19.8 Å². The number of carbonyl (C=O) groups excluding carboxylic acids is 1. The molecule has 17 heavy (non-hydrogen) atoms. The summed E-state index contributed by atoms with van der Waals surface area (Å²) in [4.78, 5) is 16.3. The van der Waals surface area contributed by atoms with Crippen LogP contribution in [0.5, 0.6) is 0 Å². The van der Waals surface area contributed by atoms with E-state index < -0.39 is 6.10 Å². The van der Waals surface area contributed by atoms with Gasteiger partial charge in [0, 0.05) is 10.8 Å². The van der Waals surface area contributed by atoms with Crippen molar-refractivity contribution >= 4 is 22.4 Å². The number of nitrogens with one attached hydrogen (secondary N) is 1. The summed E-state index contributed by atoms with van der Waals surface area (Å²) in [5.74, 6) is 0.0569. The summed E-state index contributed by atoms with van der Waals surface area (Å²) in [7, 11) is 0. The maximum atomic E-state index is 12.1. The van der Waals surface area contributed by atoms with Gasteiger partial charge in [-0.05, 0) is 19.8 Å². The fourth-order valence-electron chi connectivity index (χ4n) is 2.17. The van der Waals surface area contributed by atoms with Crippen molar-refractivity contribution in [3.63, 3.8) is 0 Å². The highest BCUT2D eigenvalue weighted by Crippen LogP contribution is 2.38. The third-order valence-electron chi connectivity index (χ3n) is 3.43. The molecule has 0 aliphatic heterocycles. The minimum atomic E-state index is -0.584. The summed E-state index contributed by atoms with van der Waals surface area (Å²) in [6, 6.07) is 0. The normalized spacial score (nSPS) is 20.2. The van der Waals surface area contributed by atoms with Crippen LogP contribution in [0.2, 0.25) is 0 Å². The first kappa shape index (κ1) is 12.5. The van der Waals surface area contributed by atoms with E-state index in [4.69, 9.17) is 0 Å². The minimum absolute atomic E-state index is 0.0569. The van der Waals surface area contributed by atoms with E-state index in [9.17, 15) is 9.90 Å². The summed E-state index contributed by atoms with van der Waals surface area (Å²) in [5, 5.41) is 14.6. The number of anilines is 1. The Balaban J connectivity index is 2.02. The van der Waals surface area contributed by atoms with E-state index >= 15 is 0 Å². The highest BCUT2D eigenvalue weighted by atomic mass is 32.1. The van der Waals surface area contributed by atoms with Crippen molar-refractivity contribution < 1.29 is 9.90 Å². The highest BCUT2D eigenvalue weighted by Gasteiger charge is 2.36. The molecular formula is C12H18N2O2S. The van der Waals surface area contributed by atoms with Crippen LogP contribution in [0.3, 0.4) is 0 Å². The molecule has 94 valence electrons. The van der Waals surface area contributed by atoms with Crippen molar-refractivity contribution in [3.8, 4) is 0 Å². The first-order valence-electron chi connectivity index (χ1n) is 5.96. The van der Waals surface area contributed by atoms with Crippen LogP contribution in [0, 0.1) is 5.41 Å². The largest absolute Gasteiger partial charge is 0.387 e.